The van der Waals surface area contributed by atoms with Crippen molar-refractivity contribution in [1.29, 1.82) is 0 Å². The molecule has 0 amide bonds. The maximum atomic E-state index is 10.7. The third-order valence-electron chi connectivity index (χ3n) is 3.16. The van der Waals surface area contributed by atoms with E-state index in [1.165, 1.54) is 0 Å². The van der Waals surface area contributed by atoms with E-state index >= 15 is 0 Å². The zero-order chi connectivity index (χ0) is 12.9. The average molecular weight is 267 g/mol. The fraction of sp³-hybridized carbons (Fsp3) is 0.333. The standard InChI is InChI=1S/C12H11ClN2O3/c1-6-2-10-9(3-8(6)13)14-12(18-10)15-4-7(5-15)11(16)17/h2-3,7H,4-5H2,1H3,(H,16,17). The molecule has 2 aromatic rings. The Balaban J connectivity index is 1.89. The van der Waals surface area contributed by atoms with Crippen LogP contribution in [0.3, 0.4) is 0 Å². The van der Waals surface area contributed by atoms with E-state index in [1.54, 1.807) is 6.07 Å². The van der Waals surface area contributed by atoms with Crippen LogP contribution in [0.25, 0.3) is 11.1 Å². The molecular weight excluding hydrogens is 256 g/mol. The van der Waals surface area contributed by atoms with Gasteiger partial charge in [0.2, 0.25) is 0 Å². The summed E-state index contributed by atoms with van der Waals surface area (Å²) in [6.07, 6.45) is 0. The quantitative estimate of drug-likeness (QED) is 0.903. The number of fused-ring (bicyclic) bond motifs is 1. The lowest BCUT2D eigenvalue weighted by Crippen LogP contribution is -2.50. The van der Waals surface area contributed by atoms with E-state index in [4.69, 9.17) is 21.1 Å². The SMILES string of the molecule is Cc1cc2oc(N3CC(C(=O)O)C3)nc2cc1Cl. The molecule has 0 saturated carbocycles. The van der Waals surface area contributed by atoms with Gasteiger partial charge in [0.15, 0.2) is 5.58 Å². The number of aromatic nitrogens is 1. The van der Waals surface area contributed by atoms with E-state index in [0.29, 0.717) is 35.2 Å². The predicted molar refractivity (Wildman–Crippen MR) is 67.1 cm³/mol. The molecule has 0 spiro atoms. The summed E-state index contributed by atoms with van der Waals surface area (Å²) in [5.74, 6) is -1.11. The molecule has 5 nitrogen and oxygen atoms in total. The first-order valence-electron chi connectivity index (χ1n) is 5.59. The largest absolute Gasteiger partial charge is 0.481 e. The summed E-state index contributed by atoms with van der Waals surface area (Å²) in [7, 11) is 0. The molecule has 94 valence electrons. The molecule has 1 N–H and O–H groups in total. The van der Waals surface area contributed by atoms with Gasteiger partial charge in [-0.1, -0.05) is 11.6 Å². The Bertz CT molecular complexity index is 593. The fourth-order valence-electron chi connectivity index (χ4n) is 1.96. The molecule has 18 heavy (non-hydrogen) atoms. The molecule has 0 aliphatic carbocycles. The molecule has 1 fully saturated rings. The lowest BCUT2D eigenvalue weighted by Gasteiger charge is -2.35. The van der Waals surface area contributed by atoms with Crippen molar-refractivity contribution in [1.82, 2.24) is 4.98 Å². The van der Waals surface area contributed by atoms with Gasteiger partial charge in [-0.05, 0) is 24.6 Å². The zero-order valence-corrected chi connectivity index (χ0v) is 10.4. The lowest BCUT2D eigenvalue weighted by atomic mass is 10.0. The molecule has 0 atom stereocenters. The van der Waals surface area contributed by atoms with Crippen LogP contribution in [0.5, 0.6) is 0 Å². The van der Waals surface area contributed by atoms with Crippen molar-refractivity contribution >= 4 is 34.7 Å². The van der Waals surface area contributed by atoms with Crippen LogP contribution in [0.4, 0.5) is 6.01 Å². The van der Waals surface area contributed by atoms with Gasteiger partial charge in [-0.2, -0.15) is 4.98 Å². The topological polar surface area (TPSA) is 66.6 Å². The van der Waals surface area contributed by atoms with Crippen LogP contribution in [-0.2, 0) is 4.79 Å². The highest BCUT2D eigenvalue weighted by molar-refractivity contribution is 6.32. The van der Waals surface area contributed by atoms with Crippen LogP contribution < -0.4 is 4.90 Å². The predicted octanol–water partition coefficient (Wildman–Crippen LogP) is 2.31. The van der Waals surface area contributed by atoms with Gasteiger partial charge < -0.3 is 14.4 Å². The summed E-state index contributed by atoms with van der Waals surface area (Å²) < 4.78 is 5.60. The van der Waals surface area contributed by atoms with Gasteiger partial charge in [-0.25, -0.2) is 0 Å². The molecule has 1 aromatic carbocycles. The van der Waals surface area contributed by atoms with Crippen LogP contribution in [0, 0.1) is 12.8 Å². The number of oxazole rings is 1. The zero-order valence-electron chi connectivity index (χ0n) is 9.68. The lowest BCUT2D eigenvalue weighted by molar-refractivity contribution is -0.142. The second-order valence-electron chi connectivity index (χ2n) is 4.51. The molecule has 3 rings (SSSR count). The smallest absolute Gasteiger partial charge is 0.310 e. The number of halogens is 1. The number of carboxylic acids is 1. The number of carbonyl (C=O) groups is 1. The van der Waals surface area contributed by atoms with Crippen molar-refractivity contribution in [2.75, 3.05) is 18.0 Å². The van der Waals surface area contributed by atoms with Crippen molar-refractivity contribution in [3.05, 3.63) is 22.7 Å². The van der Waals surface area contributed by atoms with Gasteiger partial charge in [0.25, 0.3) is 6.01 Å². The number of rotatable bonds is 2. The van der Waals surface area contributed by atoms with E-state index in [-0.39, 0.29) is 5.92 Å². The van der Waals surface area contributed by atoms with Crippen molar-refractivity contribution in [2.45, 2.75) is 6.92 Å². The van der Waals surface area contributed by atoms with E-state index < -0.39 is 5.97 Å². The first-order chi connectivity index (χ1) is 8.54. The summed E-state index contributed by atoms with van der Waals surface area (Å²) in [6, 6.07) is 4.06. The Morgan fingerprint density at radius 1 is 1.56 bits per heavy atom. The molecule has 2 heterocycles. The van der Waals surface area contributed by atoms with Crippen LogP contribution in [0.1, 0.15) is 5.56 Å². The van der Waals surface area contributed by atoms with E-state index in [0.717, 1.165) is 5.56 Å². The number of benzene rings is 1. The Morgan fingerprint density at radius 2 is 2.28 bits per heavy atom. The highest BCUT2D eigenvalue weighted by Gasteiger charge is 2.35. The summed E-state index contributed by atoms with van der Waals surface area (Å²) in [5, 5.41) is 9.46. The van der Waals surface area contributed by atoms with Crippen molar-refractivity contribution in [2.24, 2.45) is 5.92 Å². The first kappa shape index (κ1) is 11.3. The number of aryl methyl sites for hydroxylation is 1. The summed E-state index contributed by atoms with van der Waals surface area (Å²) >= 11 is 6.02. The second kappa shape index (κ2) is 3.88. The number of carboxylic acid groups (broad SMARTS) is 1. The van der Waals surface area contributed by atoms with Gasteiger partial charge in [-0.3, -0.25) is 4.79 Å². The molecule has 0 bridgehead atoms. The third kappa shape index (κ3) is 1.71. The first-order valence-corrected chi connectivity index (χ1v) is 5.97. The van der Waals surface area contributed by atoms with Crippen molar-refractivity contribution in [3.8, 4) is 0 Å². The number of nitrogens with zero attached hydrogens (tertiary/aromatic N) is 2. The molecule has 1 saturated heterocycles. The third-order valence-corrected chi connectivity index (χ3v) is 3.57. The number of hydrogen-bond donors (Lipinski definition) is 1. The summed E-state index contributed by atoms with van der Waals surface area (Å²) in [4.78, 5) is 16.8. The van der Waals surface area contributed by atoms with Crippen LogP contribution >= 0.6 is 11.6 Å². The van der Waals surface area contributed by atoms with Gasteiger partial charge >= 0.3 is 5.97 Å². The molecule has 0 radical (unpaired) electrons. The molecule has 0 unspecified atom stereocenters. The minimum absolute atomic E-state index is 0.328. The van der Waals surface area contributed by atoms with Crippen LogP contribution in [-0.4, -0.2) is 29.1 Å². The van der Waals surface area contributed by atoms with Gasteiger partial charge in [-0.15, -0.1) is 0 Å². The number of anilines is 1. The monoisotopic (exact) mass is 266 g/mol. The van der Waals surface area contributed by atoms with Crippen molar-refractivity contribution < 1.29 is 14.3 Å². The van der Waals surface area contributed by atoms with Crippen LogP contribution in [0.2, 0.25) is 5.02 Å². The van der Waals surface area contributed by atoms with Crippen LogP contribution in [0.15, 0.2) is 16.5 Å². The average Bonchev–Trinajstić information content (AvgIpc) is 2.58. The molecule has 6 heteroatoms. The maximum absolute atomic E-state index is 10.7. The maximum Gasteiger partial charge on any atom is 0.310 e. The van der Waals surface area contributed by atoms with E-state index in [9.17, 15) is 4.79 Å². The van der Waals surface area contributed by atoms with Gasteiger partial charge in [0.1, 0.15) is 5.52 Å². The normalized spacial score (nSPS) is 16.0. The second-order valence-corrected chi connectivity index (χ2v) is 4.91. The summed E-state index contributed by atoms with van der Waals surface area (Å²) in [6.45, 7) is 2.78. The summed E-state index contributed by atoms with van der Waals surface area (Å²) in [5.41, 5.74) is 2.30. The van der Waals surface area contributed by atoms with Crippen molar-refractivity contribution in [3.63, 3.8) is 0 Å². The minimum Gasteiger partial charge on any atom is -0.481 e. The molecule has 1 aliphatic rings. The molecule has 1 aromatic heterocycles. The number of hydrogen-bond acceptors (Lipinski definition) is 4. The Kier molecular flexibility index (Phi) is 2.45. The van der Waals surface area contributed by atoms with Gasteiger partial charge in [0.05, 0.1) is 5.92 Å². The Morgan fingerprint density at radius 3 is 2.94 bits per heavy atom. The Labute approximate surface area is 108 Å². The fourth-order valence-corrected chi connectivity index (χ4v) is 2.12. The molecular formula is C12H11ClN2O3. The number of aliphatic carboxylic acids is 1. The van der Waals surface area contributed by atoms with E-state index in [1.807, 2.05) is 17.9 Å². The van der Waals surface area contributed by atoms with E-state index in [2.05, 4.69) is 4.98 Å². The highest BCUT2D eigenvalue weighted by Crippen LogP contribution is 2.30. The minimum atomic E-state index is -0.777. The Hall–Kier alpha value is -1.75. The highest BCUT2D eigenvalue weighted by atomic mass is 35.5. The van der Waals surface area contributed by atoms with Gasteiger partial charge in [0, 0.05) is 18.1 Å². The molecule has 1 aliphatic heterocycles.